The maximum absolute atomic E-state index is 12.9. The molecule has 0 radical (unpaired) electrons. The highest BCUT2D eigenvalue weighted by Gasteiger charge is 2.06. The summed E-state index contributed by atoms with van der Waals surface area (Å²) in [6, 6.07) is 16.1. The van der Waals surface area contributed by atoms with Gasteiger partial charge < -0.3 is 5.32 Å². The van der Waals surface area contributed by atoms with Crippen LogP contribution in [-0.2, 0) is 24.2 Å². The van der Waals surface area contributed by atoms with Gasteiger partial charge in [0, 0.05) is 12.7 Å². The monoisotopic (exact) mass is 323 g/mol. The molecule has 1 heterocycles. The molecule has 5 heteroatoms. The molecule has 4 nitrogen and oxygen atoms in total. The summed E-state index contributed by atoms with van der Waals surface area (Å²) in [6.45, 7) is 0.748. The summed E-state index contributed by atoms with van der Waals surface area (Å²) in [7, 11) is 0. The molecule has 122 valence electrons. The van der Waals surface area contributed by atoms with Crippen LogP contribution in [0.25, 0.3) is 0 Å². The highest BCUT2D eigenvalue weighted by Crippen LogP contribution is 2.09. The number of rotatable bonds is 6. The Morgan fingerprint density at radius 2 is 1.79 bits per heavy atom. The summed E-state index contributed by atoms with van der Waals surface area (Å²) < 4.78 is 14.7. The van der Waals surface area contributed by atoms with Crippen LogP contribution < -0.4 is 5.32 Å². The van der Waals surface area contributed by atoms with Gasteiger partial charge in [0.1, 0.15) is 5.82 Å². The SMILES string of the molecule is O=C(Cc1ccc(F)cc1)Nc1cnn(CCc2ccccc2)c1. The van der Waals surface area contributed by atoms with E-state index in [1.165, 1.54) is 17.7 Å². The van der Waals surface area contributed by atoms with Crippen LogP contribution in [0.15, 0.2) is 67.0 Å². The Labute approximate surface area is 139 Å². The van der Waals surface area contributed by atoms with Crippen LogP contribution in [0.5, 0.6) is 0 Å². The fourth-order valence-corrected chi connectivity index (χ4v) is 2.43. The Morgan fingerprint density at radius 3 is 2.54 bits per heavy atom. The van der Waals surface area contributed by atoms with Gasteiger partial charge in [0.25, 0.3) is 0 Å². The lowest BCUT2D eigenvalue weighted by molar-refractivity contribution is -0.115. The van der Waals surface area contributed by atoms with Crippen molar-refractivity contribution >= 4 is 11.6 Å². The summed E-state index contributed by atoms with van der Waals surface area (Å²) in [5, 5.41) is 7.06. The van der Waals surface area contributed by atoms with E-state index in [2.05, 4.69) is 22.5 Å². The van der Waals surface area contributed by atoms with Gasteiger partial charge in [0.05, 0.1) is 18.3 Å². The summed E-state index contributed by atoms with van der Waals surface area (Å²) in [4.78, 5) is 12.0. The number of aryl methyl sites for hydroxylation is 2. The van der Waals surface area contributed by atoms with Gasteiger partial charge in [-0.1, -0.05) is 42.5 Å². The number of halogens is 1. The molecule has 0 fully saturated rings. The number of nitrogens with one attached hydrogen (secondary N) is 1. The summed E-state index contributed by atoms with van der Waals surface area (Å²) in [5.41, 5.74) is 2.68. The topological polar surface area (TPSA) is 46.9 Å². The molecule has 0 atom stereocenters. The highest BCUT2D eigenvalue weighted by atomic mass is 19.1. The van der Waals surface area contributed by atoms with Crippen molar-refractivity contribution < 1.29 is 9.18 Å². The molecule has 0 aliphatic carbocycles. The molecule has 0 saturated heterocycles. The number of anilines is 1. The van der Waals surface area contributed by atoms with Crippen molar-refractivity contribution in [2.45, 2.75) is 19.4 Å². The van der Waals surface area contributed by atoms with E-state index in [9.17, 15) is 9.18 Å². The number of amides is 1. The average molecular weight is 323 g/mol. The number of hydrogen-bond donors (Lipinski definition) is 1. The molecule has 0 aliphatic heterocycles. The van der Waals surface area contributed by atoms with Gasteiger partial charge in [-0.2, -0.15) is 5.10 Å². The van der Waals surface area contributed by atoms with E-state index in [4.69, 9.17) is 0 Å². The normalized spacial score (nSPS) is 10.5. The Kier molecular flexibility index (Phi) is 5.01. The molecular formula is C19H18FN3O. The molecule has 0 unspecified atom stereocenters. The average Bonchev–Trinajstić information content (AvgIpc) is 3.03. The van der Waals surface area contributed by atoms with Crippen LogP contribution in [0.3, 0.4) is 0 Å². The second-order valence-electron chi connectivity index (χ2n) is 5.58. The lowest BCUT2D eigenvalue weighted by Crippen LogP contribution is -2.14. The van der Waals surface area contributed by atoms with Crippen molar-refractivity contribution in [3.8, 4) is 0 Å². The molecule has 1 amide bonds. The first kappa shape index (κ1) is 15.9. The second-order valence-corrected chi connectivity index (χ2v) is 5.58. The molecule has 2 aromatic carbocycles. The first-order valence-electron chi connectivity index (χ1n) is 7.80. The molecule has 3 rings (SSSR count). The molecule has 0 aliphatic rings. The van der Waals surface area contributed by atoms with Crippen molar-refractivity contribution in [3.63, 3.8) is 0 Å². The Morgan fingerprint density at radius 1 is 1.04 bits per heavy atom. The van der Waals surface area contributed by atoms with Crippen molar-refractivity contribution in [1.29, 1.82) is 0 Å². The maximum Gasteiger partial charge on any atom is 0.228 e. The molecule has 1 aromatic heterocycles. The minimum Gasteiger partial charge on any atom is -0.323 e. The van der Waals surface area contributed by atoms with E-state index in [0.29, 0.717) is 5.69 Å². The predicted molar refractivity (Wildman–Crippen MR) is 91.1 cm³/mol. The summed E-state index contributed by atoms with van der Waals surface area (Å²) in [5.74, 6) is -0.455. The minimum atomic E-state index is -0.307. The van der Waals surface area contributed by atoms with Gasteiger partial charge in [0.15, 0.2) is 0 Å². The molecule has 3 aromatic rings. The Bertz CT molecular complexity index is 797. The lowest BCUT2D eigenvalue weighted by atomic mass is 10.1. The van der Waals surface area contributed by atoms with Gasteiger partial charge in [-0.05, 0) is 29.7 Å². The van der Waals surface area contributed by atoms with Gasteiger partial charge >= 0.3 is 0 Å². The third-order valence-corrected chi connectivity index (χ3v) is 3.67. The molecule has 24 heavy (non-hydrogen) atoms. The number of carbonyl (C=O) groups is 1. The molecular weight excluding hydrogens is 305 g/mol. The van der Waals surface area contributed by atoms with E-state index >= 15 is 0 Å². The first-order valence-corrected chi connectivity index (χ1v) is 7.80. The number of benzene rings is 2. The Balaban J connectivity index is 1.51. The van der Waals surface area contributed by atoms with Crippen LogP contribution >= 0.6 is 0 Å². The zero-order chi connectivity index (χ0) is 16.8. The largest absolute Gasteiger partial charge is 0.323 e. The van der Waals surface area contributed by atoms with Crippen LogP contribution in [0, 0.1) is 5.82 Å². The molecule has 0 bridgehead atoms. The molecule has 0 spiro atoms. The number of aromatic nitrogens is 2. The zero-order valence-electron chi connectivity index (χ0n) is 13.2. The van der Waals surface area contributed by atoms with Crippen molar-refractivity contribution in [1.82, 2.24) is 9.78 Å². The van der Waals surface area contributed by atoms with Crippen LogP contribution in [0.4, 0.5) is 10.1 Å². The standard InChI is InChI=1S/C19H18FN3O/c20-17-8-6-16(7-9-17)12-19(24)22-18-13-21-23(14-18)11-10-15-4-2-1-3-5-15/h1-9,13-14H,10-12H2,(H,22,24). The third-order valence-electron chi connectivity index (χ3n) is 3.67. The zero-order valence-corrected chi connectivity index (χ0v) is 13.2. The van der Waals surface area contributed by atoms with Crippen molar-refractivity contribution in [2.75, 3.05) is 5.32 Å². The summed E-state index contributed by atoms with van der Waals surface area (Å²) in [6.07, 6.45) is 4.53. The fraction of sp³-hybridized carbons (Fsp3) is 0.158. The van der Waals surface area contributed by atoms with Gasteiger partial charge in [0.2, 0.25) is 5.91 Å². The van der Waals surface area contributed by atoms with E-state index in [-0.39, 0.29) is 18.1 Å². The van der Waals surface area contributed by atoms with Crippen LogP contribution in [0.1, 0.15) is 11.1 Å². The number of hydrogen-bond acceptors (Lipinski definition) is 2. The van der Waals surface area contributed by atoms with Crippen LogP contribution in [0.2, 0.25) is 0 Å². The van der Waals surface area contributed by atoms with Gasteiger partial charge in [-0.15, -0.1) is 0 Å². The lowest BCUT2D eigenvalue weighted by Gasteiger charge is -2.03. The number of nitrogens with zero attached hydrogens (tertiary/aromatic N) is 2. The molecule has 0 saturated carbocycles. The van der Waals surface area contributed by atoms with Gasteiger partial charge in [-0.25, -0.2) is 4.39 Å². The minimum absolute atomic E-state index is 0.149. The first-order chi connectivity index (χ1) is 11.7. The molecule has 1 N–H and O–H groups in total. The van der Waals surface area contributed by atoms with E-state index in [0.717, 1.165) is 18.5 Å². The fourth-order valence-electron chi connectivity index (χ4n) is 2.43. The van der Waals surface area contributed by atoms with Crippen molar-refractivity contribution in [2.24, 2.45) is 0 Å². The third kappa shape index (κ3) is 4.52. The van der Waals surface area contributed by atoms with Crippen molar-refractivity contribution in [3.05, 3.63) is 83.9 Å². The number of carbonyl (C=O) groups excluding carboxylic acids is 1. The van der Waals surface area contributed by atoms with E-state index in [1.807, 2.05) is 24.4 Å². The Hall–Kier alpha value is -2.95. The van der Waals surface area contributed by atoms with Crippen LogP contribution in [-0.4, -0.2) is 15.7 Å². The highest BCUT2D eigenvalue weighted by molar-refractivity contribution is 5.91. The van der Waals surface area contributed by atoms with E-state index in [1.54, 1.807) is 23.0 Å². The summed E-state index contributed by atoms with van der Waals surface area (Å²) >= 11 is 0. The smallest absolute Gasteiger partial charge is 0.228 e. The maximum atomic E-state index is 12.9. The quantitative estimate of drug-likeness (QED) is 0.755. The predicted octanol–water partition coefficient (Wildman–Crippen LogP) is 3.45. The van der Waals surface area contributed by atoms with E-state index < -0.39 is 0 Å². The second kappa shape index (κ2) is 7.55. The van der Waals surface area contributed by atoms with Gasteiger partial charge in [-0.3, -0.25) is 9.48 Å².